The topological polar surface area (TPSA) is 42.0 Å². The fraction of sp³-hybridized carbons (Fsp3) is 0.143. The number of nitrogens with zero attached hydrogens (tertiary/aromatic N) is 1. The van der Waals surface area contributed by atoms with Gasteiger partial charge in [0.2, 0.25) is 0 Å². The Hall–Kier alpha value is -2.37. The Morgan fingerprint density at radius 1 is 1.12 bits per heavy atom. The second-order valence-corrected chi connectivity index (χ2v) is 8.27. The van der Waals surface area contributed by atoms with E-state index >= 15 is 0 Å². The van der Waals surface area contributed by atoms with Crippen molar-refractivity contribution in [3.63, 3.8) is 0 Å². The average molecular weight is 377 g/mol. The molecule has 1 heterocycles. The number of carbonyl (C=O) groups excluding carboxylic acids is 1. The largest absolute Gasteiger partial charge is 0.298 e. The molecule has 26 heavy (non-hydrogen) atoms. The summed E-state index contributed by atoms with van der Waals surface area (Å²) in [6.45, 7) is 0. The highest BCUT2D eigenvalue weighted by atomic mass is 32.2. The van der Waals surface area contributed by atoms with Gasteiger partial charge in [-0.25, -0.2) is 4.98 Å². The van der Waals surface area contributed by atoms with E-state index in [9.17, 15) is 4.79 Å². The third-order valence-corrected chi connectivity index (χ3v) is 6.64. The molecule has 1 aliphatic rings. The average Bonchev–Trinajstić information content (AvgIpc) is 3.27. The molecule has 0 fully saturated rings. The maximum absolute atomic E-state index is 12.7. The zero-order valence-electron chi connectivity index (χ0n) is 14.2. The van der Waals surface area contributed by atoms with Gasteiger partial charge in [-0.15, -0.1) is 11.8 Å². The molecule has 0 saturated carbocycles. The Morgan fingerprint density at radius 2 is 1.96 bits per heavy atom. The first-order valence-corrected chi connectivity index (χ1v) is 10.6. The first kappa shape index (κ1) is 15.9. The SMILES string of the molecule is CSc1ccccc1C(=O)Nc1nc2c(cc3c4c(cccc42)CC3)s1. The van der Waals surface area contributed by atoms with Gasteiger partial charge in [-0.3, -0.25) is 10.1 Å². The zero-order valence-corrected chi connectivity index (χ0v) is 15.8. The molecule has 1 aliphatic carbocycles. The van der Waals surface area contributed by atoms with E-state index in [1.807, 2.05) is 30.5 Å². The molecule has 0 atom stereocenters. The quantitative estimate of drug-likeness (QED) is 0.479. The number of benzene rings is 3. The van der Waals surface area contributed by atoms with Crippen LogP contribution in [0.4, 0.5) is 5.13 Å². The first-order valence-electron chi connectivity index (χ1n) is 8.53. The van der Waals surface area contributed by atoms with Gasteiger partial charge in [-0.2, -0.15) is 0 Å². The number of hydrogen-bond donors (Lipinski definition) is 1. The number of rotatable bonds is 3. The lowest BCUT2D eigenvalue weighted by Gasteiger charge is -2.05. The molecule has 5 heteroatoms. The van der Waals surface area contributed by atoms with Crippen LogP contribution in [0.3, 0.4) is 0 Å². The number of aryl methyl sites for hydroxylation is 2. The molecule has 0 spiro atoms. The number of amides is 1. The summed E-state index contributed by atoms with van der Waals surface area (Å²) in [7, 11) is 0. The molecule has 0 radical (unpaired) electrons. The van der Waals surface area contributed by atoms with E-state index < -0.39 is 0 Å². The van der Waals surface area contributed by atoms with Gasteiger partial charge >= 0.3 is 0 Å². The predicted octanol–water partition coefficient (Wildman–Crippen LogP) is 5.52. The van der Waals surface area contributed by atoms with Crippen molar-refractivity contribution in [2.24, 2.45) is 0 Å². The number of thioether (sulfide) groups is 1. The van der Waals surface area contributed by atoms with Crippen LogP contribution >= 0.6 is 23.1 Å². The van der Waals surface area contributed by atoms with Gasteiger partial charge < -0.3 is 0 Å². The van der Waals surface area contributed by atoms with Crippen molar-refractivity contribution in [2.75, 3.05) is 11.6 Å². The minimum Gasteiger partial charge on any atom is -0.298 e. The van der Waals surface area contributed by atoms with Crippen molar-refractivity contribution < 1.29 is 4.79 Å². The van der Waals surface area contributed by atoms with Gasteiger partial charge in [0.1, 0.15) is 0 Å². The van der Waals surface area contributed by atoms with Crippen LogP contribution in [0.5, 0.6) is 0 Å². The normalized spacial score (nSPS) is 12.8. The lowest BCUT2D eigenvalue weighted by atomic mass is 10.0. The minimum atomic E-state index is -0.105. The number of nitrogens with one attached hydrogen (secondary N) is 1. The standard InChI is InChI=1S/C21H16N2OS2/c1-25-16-8-3-2-6-14(16)20(24)23-21-22-19-15-7-4-5-12-9-10-13(18(12)15)11-17(19)26-21/h2-8,11H,9-10H2,1H3,(H,22,23,24). The summed E-state index contributed by atoms with van der Waals surface area (Å²) >= 11 is 3.13. The molecule has 128 valence electrons. The number of carbonyl (C=O) groups is 1. The van der Waals surface area contributed by atoms with Gasteiger partial charge in [0.25, 0.3) is 5.91 Å². The van der Waals surface area contributed by atoms with E-state index in [4.69, 9.17) is 4.98 Å². The number of fused-ring (bicyclic) bond motifs is 2. The van der Waals surface area contributed by atoms with E-state index in [0.29, 0.717) is 10.7 Å². The van der Waals surface area contributed by atoms with Crippen LogP contribution in [0.2, 0.25) is 0 Å². The third kappa shape index (κ3) is 2.42. The Morgan fingerprint density at radius 3 is 2.85 bits per heavy atom. The van der Waals surface area contributed by atoms with Crippen molar-refractivity contribution >= 4 is 55.1 Å². The molecule has 0 aliphatic heterocycles. The zero-order chi connectivity index (χ0) is 17.7. The Bertz CT molecular complexity index is 1180. The van der Waals surface area contributed by atoms with E-state index in [1.54, 1.807) is 23.1 Å². The summed E-state index contributed by atoms with van der Waals surface area (Å²) in [6, 6.07) is 16.4. The summed E-state index contributed by atoms with van der Waals surface area (Å²) in [6.07, 6.45) is 4.18. The van der Waals surface area contributed by atoms with E-state index in [1.165, 1.54) is 21.9 Å². The van der Waals surface area contributed by atoms with Gasteiger partial charge in [0.15, 0.2) is 5.13 Å². The number of hydrogen-bond acceptors (Lipinski definition) is 4. The van der Waals surface area contributed by atoms with Crippen molar-refractivity contribution in [2.45, 2.75) is 17.7 Å². The van der Waals surface area contributed by atoms with Crippen LogP contribution in [0.15, 0.2) is 53.4 Å². The molecular formula is C21H16N2OS2. The monoisotopic (exact) mass is 376 g/mol. The molecule has 1 N–H and O–H groups in total. The van der Waals surface area contributed by atoms with Gasteiger partial charge in [-0.05, 0) is 53.8 Å². The molecule has 0 unspecified atom stereocenters. The smallest absolute Gasteiger partial charge is 0.258 e. The van der Waals surface area contributed by atoms with E-state index in [0.717, 1.165) is 28.0 Å². The maximum atomic E-state index is 12.7. The lowest BCUT2D eigenvalue weighted by molar-refractivity contribution is 0.102. The van der Waals surface area contributed by atoms with Crippen LogP contribution in [0.25, 0.3) is 21.0 Å². The molecule has 5 rings (SSSR count). The Kier molecular flexibility index (Phi) is 3.72. The van der Waals surface area contributed by atoms with E-state index in [2.05, 4.69) is 29.6 Å². The van der Waals surface area contributed by atoms with E-state index in [-0.39, 0.29) is 5.91 Å². The maximum Gasteiger partial charge on any atom is 0.258 e. The Labute approximate surface area is 159 Å². The molecule has 0 saturated heterocycles. The second kappa shape index (κ2) is 6.11. The third-order valence-electron chi connectivity index (χ3n) is 4.92. The number of anilines is 1. The molecule has 1 amide bonds. The number of aromatic nitrogens is 1. The summed E-state index contributed by atoms with van der Waals surface area (Å²) < 4.78 is 1.14. The lowest BCUT2D eigenvalue weighted by Crippen LogP contribution is -2.12. The molecule has 3 aromatic carbocycles. The summed E-state index contributed by atoms with van der Waals surface area (Å²) in [5, 5.41) is 6.21. The van der Waals surface area contributed by atoms with Gasteiger partial charge in [0, 0.05) is 10.3 Å². The van der Waals surface area contributed by atoms with Crippen molar-refractivity contribution in [1.82, 2.24) is 4.98 Å². The van der Waals surface area contributed by atoms with Crippen LogP contribution < -0.4 is 5.32 Å². The molecular weight excluding hydrogens is 360 g/mol. The molecule has 1 aromatic heterocycles. The molecule has 3 nitrogen and oxygen atoms in total. The highest BCUT2D eigenvalue weighted by Gasteiger charge is 2.19. The predicted molar refractivity (Wildman–Crippen MR) is 111 cm³/mol. The van der Waals surface area contributed by atoms with Crippen LogP contribution in [0, 0.1) is 0 Å². The summed E-state index contributed by atoms with van der Waals surface area (Å²) in [5.41, 5.74) is 4.49. The van der Waals surface area contributed by atoms with Crippen LogP contribution in [-0.2, 0) is 12.8 Å². The molecule has 4 aromatic rings. The minimum absolute atomic E-state index is 0.105. The highest BCUT2D eigenvalue weighted by Crippen LogP contribution is 2.39. The summed E-state index contributed by atoms with van der Waals surface area (Å²) in [4.78, 5) is 18.4. The number of thiazole rings is 1. The highest BCUT2D eigenvalue weighted by molar-refractivity contribution is 7.98. The van der Waals surface area contributed by atoms with Crippen LogP contribution in [-0.4, -0.2) is 17.1 Å². The fourth-order valence-corrected chi connectivity index (χ4v) is 5.29. The second-order valence-electron chi connectivity index (χ2n) is 6.40. The summed E-state index contributed by atoms with van der Waals surface area (Å²) in [5.74, 6) is -0.105. The van der Waals surface area contributed by atoms with Gasteiger partial charge in [-0.1, -0.05) is 41.7 Å². The van der Waals surface area contributed by atoms with Gasteiger partial charge in [0.05, 0.1) is 15.8 Å². The van der Waals surface area contributed by atoms with Crippen molar-refractivity contribution in [3.05, 3.63) is 65.2 Å². The fourth-order valence-electron chi connectivity index (χ4n) is 3.75. The van der Waals surface area contributed by atoms with Crippen LogP contribution in [0.1, 0.15) is 21.5 Å². The van der Waals surface area contributed by atoms with Crippen molar-refractivity contribution in [1.29, 1.82) is 0 Å². The van der Waals surface area contributed by atoms with Crippen molar-refractivity contribution in [3.8, 4) is 0 Å². The first-order chi connectivity index (χ1) is 12.7. The molecule has 0 bridgehead atoms. The Balaban J connectivity index is 1.58.